The lowest BCUT2D eigenvalue weighted by Gasteiger charge is -2.36. The largest absolute Gasteiger partial charge is 0.494 e. The van der Waals surface area contributed by atoms with Crippen molar-refractivity contribution in [1.82, 2.24) is 9.88 Å². The summed E-state index contributed by atoms with van der Waals surface area (Å²) in [5, 5.41) is 4.56. The molecule has 1 fully saturated rings. The maximum absolute atomic E-state index is 12.2. The van der Waals surface area contributed by atoms with Crippen molar-refractivity contribution in [3.05, 3.63) is 121 Å². The van der Waals surface area contributed by atoms with Crippen molar-refractivity contribution in [3.8, 4) is 11.6 Å². The minimum Gasteiger partial charge on any atom is -0.494 e. The first-order valence-corrected chi connectivity index (χ1v) is 21.1. The van der Waals surface area contributed by atoms with Gasteiger partial charge in [-0.25, -0.2) is 4.98 Å². The second kappa shape index (κ2) is 24.7. The van der Waals surface area contributed by atoms with Crippen LogP contribution < -0.4 is 14.4 Å². The Hall–Kier alpha value is -4.66. The molecular weight excluding hydrogens is 703 g/mol. The summed E-state index contributed by atoms with van der Waals surface area (Å²) in [5.41, 5.74) is 2.15. The molecule has 0 aliphatic carbocycles. The number of rotatable bonds is 24. The molecule has 5 rings (SSSR count). The van der Waals surface area contributed by atoms with Crippen LogP contribution in [-0.2, 0) is 9.53 Å². The highest BCUT2D eigenvalue weighted by molar-refractivity contribution is 7.17. The van der Waals surface area contributed by atoms with Crippen molar-refractivity contribution in [2.24, 2.45) is 0 Å². The number of nitrogens with zero attached hydrogens (tertiary/aromatic N) is 3. The number of piperazine rings is 1. The van der Waals surface area contributed by atoms with Crippen molar-refractivity contribution in [2.75, 3.05) is 51.0 Å². The molecule has 0 unspecified atom stereocenters. The molecule has 0 spiro atoms. The van der Waals surface area contributed by atoms with Gasteiger partial charge in [0.2, 0.25) is 12.7 Å². The van der Waals surface area contributed by atoms with Gasteiger partial charge in [0.25, 0.3) is 0 Å². The molecule has 2 aromatic carbocycles. The van der Waals surface area contributed by atoms with E-state index in [9.17, 15) is 4.79 Å². The fourth-order valence-corrected chi connectivity index (χ4v) is 7.23. The summed E-state index contributed by atoms with van der Waals surface area (Å²) in [5.74, 6) is 0.940. The highest BCUT2D eigenvalue weighted by atomic mass is 32.1. The Morgan fingerprint density at radius 2 is 1.47 bits per heavy atom. The molecule has 0 radical (unpaired) electrons. The third kappa shape index (κ3) is 15.2. The second-order valence-electron chi connectivity index (χ2n) is 13.8. The lowest BCUT2D eigenvalue weighted by atomic mass is 10.2. The number of esters is 1. The number of carbonyl (C=O) groups is 1. The second-order valence-corrected chi connectivity index (χ2v) is 14.7. The predicted molar refractivity (Wildman–Crippen MR) is 231 cm³/mol. The number of ether oxygens (including phenoxy) is 3. The molecule has 0 saturated carbocycles. The minimum atomic E-state index is -0.270. The Labute approximate surface area is 332 Å². The molecule has 7 nitrogen and oxygen atoms in total. The van der Waals surface area contributed by atoms with E-state index in [0.717, 1.165) is 101 Å². The summed E-state index contributed by atoms with van der Waals surface area (Å²) in [6.07, 6.45) is 32.2. The third-order valence-electron chi connectivity index (χ3n) is 9.52. The molecule has 4 aromatic rings. The summed E-state index contributed by atoms with van der Waals surface area (Å²) in [6, 6.07) is 18.6. The first-order chi connectivity index (χ1) is 27.2. The van der Waals surface area contributed by atoms with Gasteiger partial charge >= 0.3 is 5.97 Å². The molecule has 1 aliphatic heterocycles. The van der Waals surface area contributed by atoms with Gasteiger partial charge < -0.3 is 19.1 Å². The average molecular weight is 762 g/mol. The molecule has 0 N–H and O–H groups in total. The van der Waals surface area contributed by atoms with Crippen molar-refractivity contribution in [3.63, 3.8) is 0 Å². The molecule has 0 atom stereocenters. The smallest absolute Gasteiger partial charge is 0.308 e. The van der Waals surface area contributed by atoms with E-state index in [-0.39, 0.29) is 12.8 Å². The topological polar surface area (TPSA) is 64.1 Å². The fourth-order valence-electron chi connectivity index (χ4n) is 6.42. The van der Waals surface area contributed by atoms with Gasteiger partial charge in [-0.3, -0.25) is 9.69 Å². The van der Waals surface area contributed by atoms with Crippen molar-refractivity contribution < 1.29 is 19.0 Å². The molecular formula is C47H59N3O4S. The maximum Gasteiger partial charge on any atom is 0.308 e. The average Bonchev–Trinajstić information content (AvgIpc) is 3.70. The van der Waals surface area contributed by atoms with Crippen LogP contribution in [0, 0.1) is 0 Å². The number of allylic oxidation sites excluding steroid dienone is 10. The van der Waals surface area contributed by atoms with Crippen molar-refractivity contribution >= 4 is 44.0 Å². The summed E-state index contributed by atoms with van der Waals surface area (Å²) >= 11 is 1.81. The number of hydrogen-bond acceptors (Lipinski definition) is 8. The van der Waals surface area contributed by atoms with E-state index in [1.807, 2.05) is 35.6 Å². The Balaban J connectivity index is 0.880. The number of fused-ring (bicyclic) bond motifs is 2. The third-order valence-corrected chi connectivity index (χ3v) is 10.4. The highest BCUT2D eigenvalue weighted by Crippen LogP contribution is 2.31. The number of benzene rings is 2. The van der Waals surface area contributed by atoms with Crippen LogP contribution in [0.15, 0.2) is 121 Å². The van der Waals surface area contributed by atoms with Crippen molar-refractivity contribution in [2.45, 2.75) is 77.6 Å². The van der Waals surface area contributed by atoms with Crippen LogP contribution >= 0.6 is 11.3 Å². The molecule has 8 heteroatoms. The number of thiophene rings is 1. The lowest BCUT2D eigenvalue weighted by molar-refractivity contribution is -0.150. The van der Waals surface area contributed by atoms with E-state index in [1.54, 1.807) is 6.07 Å². The molecule has 3 heterocycles. The van der Waals surface area contributed by atoms with E-state index in [0.29, 0.717) is 18.9 Å². The number of aromatic nitrogens is 1. The molecule has 0 bridgehead atoms. The van der Waals surface area contributed by atoms with E-state index < -0.39 is 0 Å². The molecule has 1 saturated heterocycles. The molecule has 55 heavy (non-hydrogen) atoms. The molecule has 2 aromatic heterocycles. The number of unbranched alkanes of at least 4 members (excludes halogenated alkanes) is 3. The maximum atomic E-state index is 12.2. The monoisotopic (exact) mass is 761 g/mol. The lowest BCUT2D eigenvalue weighted by Crippen LogP contribution is -2.46. The van der Waals surface area contributed by atoms with Crippen molar-refractivity contribution in [1.29, 1.82) is 0 Å². The first kappa shape index (κ1) is 41.5. The zero-order chi connectivity index (χ0) is 38.2. The number of anilines is 1. The summed E-state index contributed by atoms with van der Waals surface area (Å²) in [6.45, 7) is 8.11. The quantitative estimate of drug-likeness (QED) is 0.0305. The van der Waals surface area contributed by atoms with Crippen LogP contribution in [0.2, 0.25) is 0 Å². The van der Waals surface area contributed by atoms with Gasteiger partial charge in [-0.2, -0.15) is 0 Å². The molecule has 1 aliphatic rings. The van der Waals surface area contributed by atoms with Crippen LogP contribution in [0.25, 0.3) is 21.0 Å². The summed E-state index contributed by atoms with van der Waals surface area (Å²) < 4.78 is 18.4. The highest BCUT2D eigenvalue weighted by Gasteiger charge is 2.18. The van der Waals surface area contributed by atoms with Crippen LogP contribution in [0.3, 0.4) is 0 Å². The van der Waals surface area contributed by atoms with Gasteiger partial charge in [0.1, 0.15) is 5.75 Å². The van der Waals surface area contributed by atoms with Gasteiger partial charge in [0.05, 0.1) is 12.1 Å². The van der Waals surface area contributed by atoms with Gasteiger partial charge in [-0.15, -0.1) is 11.3 Å². The Morgan fingerprint density at radius 1 is 0.764 bits per heavy atom. The zero-order valence-corrected chi connectivity index (χ0v) is 33.5. The minimum absolute atomic E-state index is 0.158. The zero-order valence-electron chi connectivity index (χ0n) is 32.7. The van der Waals surface area contributed by atoms with Gasteiger partial charge in [-0.05, 0) is 106 Å². The molecule has 0 amide bonds. The normalized spacial score (nSPS) is 14.2. The van der Waals surface area contributed by atoms with Gasteiger partial charge in [0, 0.05) is 65.9 Å². The first-order valence-electron chi connectivity index (χ1n) is 20.2. The number of pyridine rings is 1. The molecule has 292 valence electrons. The van der Waals surface area contributed by atoms with E-state index in [1.165, 1.54) is 28.6 Å². The van der Waals surface area contributed by atoms with Gasteiger partial charge in [0.15, 0.2) is 0 Å². The predicted octanol–water partition coefficient (Wildman–Crippen LogP) is 11.6. The van der Waals surface area contributed by atoms with Crippen LogP contribution in [-0.4, -0.2) is 62.0 Å². The van der Waals surface area contributed by atoms with Crippen LogP contribution in [0.5, 0.6) is 11.6 Å². The Bertz CT molecular complexity index is 1870. The van der Waals surface area contributed by atoms with Gasteiger partial charge in [-0.1, -0.05) is 80.2 Å². The van der Waals surface area contributed by atoms with Crippen LogP contribution in [0.1, 0.15) is 77.6 Å². The Morgan fingerprint density at radius 3 is 2.22 bits per heavy atom. The SMILES string of the molecule is CCC/C=C\C/C=C\C/C=C\C/C=C\C/C=C\CCCC(=O)OCOc1ccc2ccc(OCCCCN3CCN(c4cccc5sccc45)CC3)cc2n1. The number of carbonyl (C=O) groups excluding carboxylic acids is 1. The Kier molecular flexibility index (Phi) is 18.6. The van der Waals surface area contributed by atoms with E-state index in [2.05, 4.69) is 112 Å². The summed E-state index contributed by atoms with van der Waals surface area (Å²) in [4.78, 5) is 21.9. The standard InChI is InChI=1S/C47H59N3O4S/c1-2-3-4-5-6-7-8-9-10-11-12-13-14-15-16-17-18-19-25-47(51)54-39-53-46-29-27-40-26-28-41(38-43(40)48-46)52-36-21-20-31-49-32-34-50(35-33-49)44-23-22-24-45-42(44)30-37-55-45/h4-5,7-8,10-11,13-14,16-17,22-24,26-30,37-38H,2-3,6,9,12,15,18-21,25,31-36,39H2,1H3/b5-4-,8-7-,11-10-,14-13-,17-16-. The summed E-state index contributed by atoms with van der Waals surface area (Å²) in [7, 11) is 0. The van der Waals surface area contributed by atoms with E-state index in [4.69, 9.17) is 14.2 Å². The van der Waals surface area contributed by atoms with E-state index >= 15 is 0 Å². The van der Waals surface area contributed by atoms with Crippen LogP contribution in [0.4, 0.5) is 5.69 Å². The number of hydrogen-bond donors (Lipinski definition) is 0. The fraction of sp³-hybridized carbons (Fsp3) is 0.404.